The molecule has 0 aromatic heterocycles. The zero-order chi connectivity index (χ0) is 27.3. The van der Waals surface area contributed by atoms with E-state index in [-0.39, 0.29) is 6.61 Å². The number of aliphatic hydroxyl groups is 2. The quantitative estimate of drug-likeness (QED) is 0.299. The van der Waals surface area contributed by atoms with Crippen LogP contribution in [-0.4, -0.2) is 84.2 Å². The average Bonchev–Trinajstić information content (AvgIpc) is 3.64. The minimum Gasteiger partial charge on any atom is -0.462 e. The summed E-state index contributed by atoms with van der Waals surface area (Å²) in [5.41, 5.74) is -0.543. The van der Waals surface area contributed by atoms with Crippen molar-refractivity contribution >= 4 is 11.9 Å². The number of carbonyl (C=O) groups is 2. The highest BCUT2D eigenvalue weighted by atomic mass is 16.7. The number of ether oxygens (including phenoxy) is 5. The summed E-state index contributed by atoms with van der Waals surface area (Å²) in [6, 6.07) is 0. The molecule has 2 saturated heterocycles. The van der Waals surface area contributed by atoms with Gasteiger partial charge >= 0.3 is 11.9 Å². The number of cyclic esters (lactones) is 1. The smallest absolute Gasteiger partial charge is 0.331 e. The molecule has 2 N–H and O–H groups in total. The summed E-state index contributed by atoms with van der Waals surface area (Å²) in [6.45, 7) is 8.14. The van der Waals surface area contributed by atoms with Gasteiger partial charge in [0.2, 0.25) is 0 Å². The highest BCUT2D eigenvalue weighted by molar-refractivity contribution is 5.83. The van der Waals surface area contributed by atoms with Crippen molar-refractivity contribution in [3.63, 3.8) is 0 Å². The number of hydrogen-bond acceptors (Lipinski definition) is 9. The van der Waals surface area contributed by atoms with Gasteiger partial charge in [0.1, 0.15) is 36.6 Å². The molecule has 1 saturated carbocycles. The van der Waals surface area contributed by atoms with Crippen molar-refractivity contribution in [3.8, 4) is 0 Å². The fourth-order valence-corrected chi connectivity index (χ4v) is 6.89. The lowest BCUT2D eigenvalue weighted by Gasteiger charge is -2.58. The first-order valence-corrected chi connectivity index (χ1v) is 13.4. The molecule has 0 radical (unpaired) electrons. The molecular formula is C29H38O9. The maximum atomic E-state index is 13.0. The van der Waals surface area contributed by atoms with Crippen molar-refractivity contribution in [1.82, 2.24) is 0 Å². The van der Waals surface area contributed by atoms with Gasteiger partial charge in [0.15, 0.2) is 0 Å². The van der Waals surface area contributed by atoms with Crippen LogP contribution in [-0.2, 0) is 33.3 Å². The van der Waals surface area contributed by atoms with E-state index >= 15 is 0 Å². The van der Waals surface area contributed by atoms with Crippen molar-refractivity contribution in [3.05, 3.63) is 47.6 Å². The van der Waals surface area contributed by atoms with Gasteiger partial charge in [-0.05, 0) is 40.0 Å². The average molecular weight is 531 g/mol. The molecule has 2 bridgehead atoms. The fourth-order valence-electron chi connectivity index (χ4n) is 6.89. The fraction of sp³-hybridized carbons (Fsp3) is 0.655. The Bertz CT molecular complexity index is 1080. The molecule has 0 amide bonds. The Labute approximate surface area is 223 Å². The molecular weight excluding hydrogens is 492 g/mol. The summed E-state index contributed by atoms with van der Waals surface area (Å²) in [4.78, 5) is 25.9. The molecule has 5 rings (SSSR count). The largest absolute Gasteiger partial charge is 0.462 e. The minimum absolute atomic E-state index is 0.0261. The van der Waals surface area contributed by atoms with Gasteiger partial charge in [-0.1, -0.05) is 42.4 Å². The molecule has 3 heterocycles. The second-order valence-electron chi connectivity index (χ2n) is 11.5. The summed E-state index contributed by atoms with van der Waals surface area (Å²) in [5.74, 6) is -1.11. The number of rotatable bonds is 1. The van der Waals surface area contributed by atoms with Crippen LogP contribution < -0.4 is 0 Å². The van der Waals surface area contributed by atoms with Crippen molar-refractivity contribution < 1.29 is 43.5 Å². The summed E-state index contributed by atoms with van der Waals surface area (Å²) in [5, 5.41) is 21.5. The number of carbonyl (C=O) groups excluding carboxylic acids is 2. The molecule has 5 aliphatic rings. The van der Waals surface area contributed by atoms with Gasteiger partial charge in [0.05, 0.1) is 30.8 Å². The van der Waals surface area contributed by atoms with E-state index in [0.29, 0.717) is 26.1 Å². The normalized spacial score (nSPS) is 47.3. The molecule has 3 fully saturated rings. The molecule has 9 atom stereocenters. The van der Waals surface area contributed by atoms with Crippen LogP contribution >= 0.6 is 0 Å². The van der Waals surface area contributed by atoms with E-state index in [9.17, 15) is 19.8 Å². The summed E-state index contributed by atoms with van der Waals surface area (Å²) < 4.78 is 30.1. The van der Waals surface area contributed by atoms with Crippen molar-refractivity contribution in [1.29, 1.82) is 0 Å². The van der Waals surface area contributed by atoms with Crippen molar-refractivity contribution in [2.24, 2.45) is 10.8 Å². The summed E-state index contributed by atoms with van der Waals surface area (Å²) in [7, 11) is 0. The van der Waals surface area contributed by atoms with Crippen LogP contribution in [0.25, 0.3) is 0 Å². The third-order valence-electron chi connectivity index (χ3n) is 9.26. The predicted molar refractivity (Wildman–Crippen MR) is 136 cm³/mol. The third kappa shape index (κ3) is 4.29. The number of hydrogen-bond donors (Lipinski definition) is 2. The van der Waals surface area contributed by atoms with E-state index < -0.39 is 65.0 Å². The summed E-state index contributed by atoms with van der Waals surface area (Å²) >= 11 is 0. The molecule has 0 aromatic carbocycles. The molecule has 0 unspecified atom stereocenters. The van der Waals surface area contributed by atoms with Crippen LogP contribution in [0.5, 0.6) is 0 Å². The SMILES string of the molecule is CC1=C[C@H]2O[C@@H]3[C@H](O)[C@H]4OC(=O)/C=C\C=C\[C@H]([C@@H](C)O)OCC/C(C)=C\C(=O)OC[C@@]2(CC1)[C@]4(C)[C@]31CO1. The number of allylic oxidation sites excluding steroid dienone is 3. The van der Waals surface area contributed by atoms with Gasteiger partial charge in [0.25, 0.3) is 0 Å². The Balaban J connectivity index is 1.54. The Morgan fingerprint density at radius 1 is 1.05 bits per heavy atom. The summed E-state index contributed by atoms with van der Waals surface area (Å²) in [6.07, 6.45) is 6.92. The molecule has 0 aromatic rings. The standard InChI is InChI=1S/C29H38O9/c1-17-9-11-28-15-35-23(32)14-18(2)10-12-34-20(19(3)30)7-5-6-8-22(31)38-25-24(33)26(37-21(28)13-17)29(16-36-29)27(25,28)4/h5-8,13-14,19-21,24-26,30,33H,9-12,15-16H2,1-4H3/b7-5+,8-6-,18-14-/t19-,20-,21-,24-,25-,26-,27-,28-,29+/m1/s1. The topological polar surface area (TPSA) is 124 Å². The number of aliphatic hydroxyl groups excluding tert-OH is 2. The Morgan fingerprint density at radius 2 is 1.82 bits per heavy atom. The van der Waals surface area contributed by atoms with Gasteiger partial charge in [-0.25, -0.2) is 9.59 Å². The van der Waals surface area contributed by atoms with Crippen LogP contribution in [0.1, 0.15) is 47.0 Å². The first-order chi connectivity index (χ1) is 18.0. The van der Waals surface area contributed by atoms with Crippen LogP contribution in [0.2, 0.25) is 0 Å². The molecule has 9 heteroatoms. The van der Waals surface area contributed by atoms with Crippen LogP contribution in [0, 0.1) is 10.8 Å². The van der Waals surface area contributed by atoms with Gasteiger partial charge in [0, 0.05) is 17.6 Å². The maximum Gasteiger partial charge on any atom is 0.331 e. The van der Waals surface area contributed by atoms with Crippen molar-refractivity contribution in [2.45, 2.75) is 89.2 Å². The Hall–Kier alpha value is -2.30. The van der Waals surface area contributed by atoms with Gasteiger partial charge in [-0.2, -0.15) is 0 Å². The van der Waals surface area contributed by atoms with Crippen molar-refractivity contribution in [2.75, 3.05) is 19.8 Å². The predicted octanol–water partition coefficient (Wildman–Crippen LogP) is 2.31. The van der Waals surface area contributed by atoms with E-state index in [2.05, 4.69) is 0 Å². The van der Waals surface area contributed by atoms with E-state index in [1.165, 1.54) is 18.2 Å². The van der Waals surface area contributed by atoms with Crippen LogP contribution in [0.3, 0.4) is 0 Å². The molecule has 3 aliphatic heterocycles. The van der Waals surface area contributed by atoms with Crippen LogP contribution in [0.4, 0.5) is 0 Å². The number of epoxide rings is 1. The second-order valence-corrected chi connectivity index (χ2v) is 11.5. The second kappa shape index (κ2) is 10.0. The molecule has 38 heavy (non-hydrogen) atoms. The monoisotopic (exact) mass is 530 g/mol. The van der Waals surface area contributed by atoms with E-state index in [4.69, 9.17) is 23.7 Å². The molecule has 208 valence electrons. The highest BCUT2D eigenvalue weighted by Gasteiger charge is 2.85. The van der Waals surface area contributed by atoms with Gasteiger partial charge in [-0.3, -0.25) is 0 Å². The third-order valence-corrected chi connectivity index (χ3v) is 9.26. The lowest BCUT2D eigenvalue weighted by Crippen LogP contribution is -2.66. The Morgan fingerprint density at radius 3 is 2.53 bits per heavy atom. The zero-order valence-corrected chi connectivity index (χ0v) is 22.4. The minimum atomic E-state index is -1.11. The van der Waals surface area contributed by atoms with E-state index in [0.717, 1.165) is 17.6 Å². The van der Waals surface area contributed by atoms with Gasteiger partial charge < -0.3 is 33.9 Å². The lowest BCUT2D eigenvalue weighted by molar-refractivity contribution is -0.232. The van der Waals surface area contributed by atoms with E-state index in [1.807, 2.05) is 26.8 Å². The molecule has 9 nitrogen and oxygen atoms in total. The Kier molecular flexibility index (Phi) is 7.19. The first-order valence-electron chi connectivity index (χ1n) is 13.4. The maximum absolute atomic E-state index is 13.0. The van der Waals surface area contributed by atoms with Gasteiger partial charge in [-0.15, -0.1) is 0 Å². The first kappa shape index (κ1) is 27.3. The highest BCUT2D eigenvalue weighted by Crippen LogP contribution is 2.72. The molecule has 2 aliphatic carbocycles. The lowest BCUT2D eigenvalue weighted by atomic mass is 9.51. The van der Waals surface area contributed by atoms with Crippen LogP contribution in [0.15, 0.2) is 47.6 Å². The molecule has 2 spiro atoms. The van der Waals surface area contributed by atoms with E-state index in [1.54, 1.807) is 19.1 Å². The number of esters is 2. The zero-order valence-electron chi connectivity index (χ0n) is 22.4.